The molecule has 1 rings (SSSR count). The summed E-state index contributed by atoms with van der Waals surface area (Å²) >= 11 is 0. The molecular formula is C9H15N3O. The van der Waals surface area contributed by atoms with Crippen molar-refractivity contribution in [2.24, 2.45) is 5.73 Å². The lowest BCUT2D eigenvalue weighted by Crippen LogP contribution is -2.43. The van der Waals surface area contributed by atoms with Crippen LogP contribution in [0.2, 0.25) is 0 Å². The smallest absolute Gasteiger partial charge is 0.240 e. The zero-order valence-electron chi connectivity index (χ0n) is 7.86. The van der Waals surface area contributed by atoms with Crippen molar-refractivity contribution in [2.45, 2.75) is 44.7 Å². The molecule has 1 saturated carbocycles. The van der Waals surface area contributed by atoms with Crippen molar-refractivity contribution in [3.05, 3.63) is 0 Å². The molecule has 1 aliphatic carbocycles. The van der Waals surface area contributed by atoms with Crippen LogP contribution in [0.5, 0.6) is 0 Å². The van der Waals surface area contributed by atoms with Crippen LogP contribution in [-0.2, 0) is 4.79 Å². The van der Waals surface area contributed by atoms with Crippen LogP contribution in [0.25, 0.3) is 0 Å². The molecule has 0 aromatic carbocycles. The number of nitriles is 1. The van der Waals surface area contributed by atoms with E-state index in [1.165, 1.54) is 0 Å². The second kappa shape index (κ2) is 4.13. The van der Waals surface area contributed by atoms with E-state index in [2.05, 4.69) is 6.19 Å². The lowest BCUT2D eigenvalue weighted by molar-refractivity contribution is -0.122. The summed E-state index contributed by atoms with van der Waals surface area (Å²) in [6, 6.07) is -0.114. The van der Waals surface area contributed by atoms with Crippen molar-refractivity contribution in [3.8, 4) is 6.19 Å². The molecule has 4 nitrogen and oxygen atoms in total. The topological polar surface area (TPSA) is 70.1 Å². The quantitative estimate of drug-likeness (QED) is 0.498. The summed E-state index contributed by atoms with van der Waals surface area (Å²) in [7, 11) is 0. The Morgan fingerprint density at radius 2 is 2.38 bits per heavy atom. The van der Waals surface area contributed by atoms with Crippen LogP contribution in [0.3, 0.4) is 0 Å². The molecule has 0 aromatic rings. The van der Waals surface area contributed by atoms with E-state index in [1.54, 1.807) is 4.90 Å². The van der Waals surface area contributed by atoms with E-state index < -0.39 is 0 Å². The maximum atomic E-state index is 11.1. The first-order chi connectivity index (χ1) is 6.20. The molecule has 0 spiro atoms. The van der Waals surface area contributed by atoms with Crippen LogP contribution in [0.15, 0.2) is 0 Å². The van der Waals surface area contributed by atoms with E-state index in [4.69, 9.17) is 11.0 Å². The Morgan fingerprint density at radius 3 is 2.69 bits per heavy atom. The van der Waals surface area contributed by atoms with Gasteiger partial charge in [0, 0.05) is 6.04 Å². The Bertz CT molecular complexity index is 230. The van der Waals surface area contributed by atoms with Crippen LogP contribution < -0.4 is 5.73 Å². The van der Waals surface area contributed by atoms with E-state index in [9.17, 15) is 4.79 Å². The summed E-state index contributed by atoms with van der Waals surface area (Å²) in [5, 5.41) is 8.85. The van der Waals surface area contributed by atoms with Gasteiger partial charge in [-0.2, -0.15) is 5.26 Å². The molecule has 0 radical (unpaired) electrons. The third-order valence-electron chi connectivity index (χ3n) is 2.28. The maximum absolute atomic E-state index is 11.1. The molecule has 0 saturated heterocycles. The van der Waals surface area contributed by atoms with Crippen LogP contribution in [0.4, 0.5) is 0 Å². The molecule has 0 aromatic heterocycles. The number of hydrogen-bond donors (Lipinski definition) is 1. The monoisotopic (exact) mass is 181 g/mol. The minimum absolute atomic E-state index is 0.272. The molecule has 13 heavy (non-hydrogen) atoms. The first-order valence-corrected chi connectivity index (χ1v) is 4.68. The van der Waals surface area contributed by atoms with Gasteiger partial charge in [0.15, 0.2) is 6.19 Å². The minimum Gasteiger partial charge on any atom is -0.368 e. The number of hydrogen-bond acceptors (Lipinski definition) is 3. The summed E-state index contributed by atoms with van der Waals surface area (Å²) < 4.78 is 0. The van der Waals surface area contributed by atoms with Crippen molar-refractivity contribution in [1.29, 1.82) is 5.26 Å². The number of carbonyl (C=O) groups excluding carboxylic acids is 1. The van der Waals surface area contributed by atoms with E-state index in [-0.39, 0.29) is 18.0 Å². The normalized spacial score (nSPS) is 17.5. The molecule has 2 N–H and O–H groups in total. The number of carbonyl (C=O) groups is 1. The zero-order valence-corrected chi connectivity index (χ0v) is 7.86. The maximum Gasteiger partial charge on any atom is 0.240 e. The van der Waals surface area contributed by atoms with E-state index in [1.807, 2.05) is 6.92 Å². The summed E-state index contributed by atoms with van der Waals surface area (Å²) in [6.07, 6.45) is 5.65. The Morgan fingerprint density at radius 1 is 1.77 bits per heavy atom. The fourth-order valence-corrected chi connectivity index (χ4v) is 1.45. The summed E-state index contributed by atoms with van der Waals surface area (Å²) in [4.78, 5) is 12.6. The van der Waals surface area contributed by atoms with Crippen molar-refractivity contribution >= 4 is 5.91 Å². The number of amides is 1. The minimum atomic E-state index is -0.387. The van der Waals surface area contributed by atoms with E-state index in [0.29, 0.717) is 6.42 Å². The predicted octanol–water partition coefficient (Wildman–Crippen LogP) is 0.586. The third kappa shape index (κ3) is 2.35. The van der Waals surface area contributed by atoms with Crippen molar-refractivity contribution in [2.75, 3.05) is 0 Å². The Balaban J connectivity index is 2.60. The van der Waals surface area contributed by atoms with Gasteiger partial charge >= 0.3 is 0 Å². The number of nitrogens with zero attached hydrogens (tertiary/aromatic N) is 2. The van der Waals surface area contributed by atoms with Gasteiger partial charge in [-0.25, -0.2) is 0 Å². The lowest BCUT2D eigenvalue weighted by Gasteiger charge is -2.23. The second-order valence-corrected chi connectivity index (χ2v) is 3.45. The molecule has 1 fully saturated rings. The van der Waals surface area contributed by atoms with Gasteiger partial charge < -0.3 is 5.73 Å². The molecule has 72 valence electrons. The van der Waals surface area contributed by atoms with Crippen LogP contribution in [0.1, 0.15) is 32.6 Å². The first kappa shape index (κ1) is 9.85. The molecule has 0 heterocycles. The second-order valence-electron chi connectivity index (χ2n) is 3.45. The molecule has 1 atom stereocenters. The van der Waals surface area contributed by atoms with E-state index in [0.717, 1.165) is 19.3 Å². The molecule has 1 amide bonds. The predicted molar refractivity (Wildman–Crippen MR) is 48.4 cm³/mol. The Labute approximate surface area is 78.3 Å². The standard InChI is InChI=1S/C9H15N3O/c1-2-3-8(9(11)13)12(6-10)7-4-5-7/h7-8H,2-5H2,1H3,(H2,11,13)/t8-/m0/s1. The number of primary amides is 1. The largest absolute Gasteiger partial charge is 0.368 e. The van der Waals surface area contributed by atoms with Gasteiger partial charge in [-0.05, 0) is 19.3 Å². The third-order valence-corrected chi connectivity index (χ3v) is 2.28. The Kier molecular flexibility index (Phi) is 3.13. The van der Waals surface area contributed by atoms with Crippen LogP contribution in [0, 0.1) is 11.5 Å². The van der Waals surface area contributed by atoms with Crippen LogP contribution in [-0.4, -0.2) is 22.9 Å². The molecule has 0 unspecified atom stereocenters. The van der Waals surface area contributed by atoms with Gasteiger partial charge in [0.05, 0.1) is 0 Å². The fourth-order valence-electron chi connectivity index (χ4n) is 1.45. The lowest BCUT2D eigenvalue weighted by atomic mass is 10.1. The highest BCUT2D eigenvalue weighted by molar-refractivity contribution is 5.80. The molecule has 1 aliphatic rings. The highest BCUT2D eigenvalue weighted by Crippen LogP contribution is 2.28. The molecule has 0 aliphatic heterocycles. The average molecular weight is 181 g/mol. The fraction of sp³-hybridized carbons (Fsp3) is 0.778. The summed E-state index contributed by atoms with van der Waals surface area (Å²) in [5.74, 6) is -0.379. The van der Waals surface area contributed by atoms with Gasteiger partial charge in [-0.3, -0.25) is 9.69 Å². The van der Waals surface area contributed by atoms with Gasteiger partial charge in [-0.1, -0.05) is 13.3 Å². The average Bonchev–Trinajstić information content (AvgIpc) is 2.88. The SMILES string of the molecule is CCC[C@@H](C(N)=O)N(C#N)C1CC1. The van der Waals surface area contributed by atoms with Crippen molar-refractivity contribution in [3.63, 3.8) is 0 Å². The number of nitrogens with two attached hydrogens (primary N) is 1. The van der Waals surface area contributed by atoms with Crippen LogP contribution >= 0.6 is 0 Å². The Hall–Kier alpha value is -1.24. The van der Waals surface area contributed by atoms with Gasteiger partial charge in [-0.15, -0.1) is 0 Å². The van der Waals surface area contributed by atoms with Gasteiger partial charge in [0.1, 0.15) is 6.04 Å². The first-order valence-electron chi connectivity index (χ1n) is 4.68. The summed E-state index contributed by atoms with van der Waals surface area (Å²) in [6.45, 7) is 1.98. The van der Waals surface area contributed by atoms with Gasteiger partial charge in [0.25, 0.3) is 0 Å². The molecule has 4 heteroatoms. The highest BCUT2D eigenvalue weighted by atomic mass is 16.1. The van der Waals surface area contributed by atoms with Gasteiger partial charge in [0.2, 0.25) is 5.91 Å². The van der Waals surface area contributed by atoms with Crippen molar-refractivity contribution < 1.29 is 4.79 Å². The van der Waals surface area contributed by atoms with E-state index >= 15 is 0 Å². The number of rotatable bonds is 5. The zero-order chi connectivity index (χ0) is 9.84. The molecule has 0 bridgehead atoms. The highest BCUT2D eigenvalue weighted by Gasteiger charge is 2.35. The molecular weight excluding hydrogens is 166 g/mol. The van der Waals surface area contributed by atoms with Crippen molar-refractivity contribution in [1.82, 2.24) is 4.90 Å². The summed E-state index contributed by atoms with van der Waals surface area (Å²) in [5.41, 5.74) is 5.23.